The first-order valence-corrected chi connectivity index (χ1v) is 5.15. The summed E-state index contributed by atoms with van der Waals surface area (Å²) in [5, 5.41) is 0. The molecule has 1 saturated heterocycles. The lowest BCUT2D eigenvalue weighted by atomic mass is 9.90. The summed E-state index contributed by atoms with van der Waals surface area (Å²) in [6.07, 6.45) is 0.873. The van der Waals surface area contributed by atoms with E-state index in [1.807, 2.05) is 0 Å². The van der Waals surface area contributed by atoms with Crippen LogP contribution in [0, 0.1) is 5.82 Å². The minimum Gasteiger partial charge on any atom is -0.285 e. The van der Waals surface area contributed by atoms with Gasteiger partial charge in [0.15, 0.2) is 0 Å². The molecule has 0 radical (unpaired) electrons. The minimum absolute atomic E-state index is 0.150. The standard InChI is InChI=1S/C12H12FNO2/c1-14-11(15)7-6-10(12(14)16)8-2-4-9(13)5-3-8/h2-5,10H,6-7H2,1H3. The van der Waals surface area contributed by atoms with Gasteiger partial charge in [-0.2, -0.15) is 0 Å². The highest BCUT2D eigenvalue weighted by Gasteiger charge is 2.32. The van der Waals surface area contributed by atoms with Gasteiger partial charge in [0.05, 0.1) is 5.92 Å². The summed E-state index contributed by atoms with van der Waals surface area (Å²) in [6, 6.07) is 5.86. The smallest absolute Gasteiger partial charge is 0.236 e. The van der Waals surface area contributed by atoms with E-state index in [1.165, 1.54) is 19.2 Å². The number of likely N-dealkylation sites (N-methyl/N-ethyl adjacent to an activating group) is 1. The lowest BCUT2D eigenvalue weighted by Gasteiger charge is -2.27. The van der Waals surface area contributed by atoms with E-state index < -0.39 is 0 Å². The van der Waals surface area contributed by atoms with Crippen molar-refractivity contribution >= 4 is 11.8 Å². The number of halogens is 1. The first-order valence-electron chi connectivity index (χ1n) is 5.15. The Labute approximate surface area is 92.9 Å². The second-order valence-corrected chi connectivity index (χ2v) is 3.93. The summed E-state index contributed by atoms with van der Waals surface area (Å²) in [4.78, 5) is 24.3. The van der Waals surface area contributed by atoms with Crippen molar-refractivity contribution in [3.63, 3.8) is 0 Å². The van der Waals surface area contributed by atoms with Crippen LogP contribution < -0.4 is 0 Å². The molecule has 0 aliphatic carbocycles. The molecule has 1 unspecified atom stereocenters. The zero-order chi connectivity index (χ0) is 11.7. The molecule has 4 heteroatoms. The maximum absolute atomic E-state index is 12.7. The lowest BCUT2D eigenvalue weighted by molar-refractivity contribution is -0.147. The molecule has 1 aliphatic heterocycles. The Morgan fingerprint density at radius 1 is 1.25 bits per heavy atom. The maximum Gasteiger partial charge on any atom is 0.236 e. The maximum atomic E-state index is 12.7. The van der Waals surface area contributed by atoms with Crippen molar-refractivity contribution in [1.82, 2.24) is 4.90 Å². The van der Waals surface area contributed by atoms with E-state index in [4.69, 9.17) is 0 Å². The molecule has 1 atom stereocenters. The predicted octanol–water partition coefficient (Wildman–Crippen LogP) is 1.69. The van der Waals surface area contributed by atoms with E-state index in [0.29, 0.717) is 12.8 Å². The third kappa shape index (κ3) is 1.83. The molecular weight excluding hydrogens is 209 g/mol. The van der Waals surface area contributed by atoms with E-state index in [1.54, 1.807) is 12.1 Å². The molecule has 84 valence electrons. The molecule has 0 bridgehead atoms. The van der Waals surface area contributed by atoms with Crippen molar-refractivity contribution in [2.45, 2.75) is 18.8 Å². The van der Waals surface area contributed by atoms with Gasteiger partial charge >= 0.3 is 0 Å². The van der Waals surface area contributed by atoms with Crippen LogP contribution in [0.4, 0.5) is 4.39 Å². The molecule has 0 spiro atoms. The van der Waals surface area contributed by atoms with Crippen LogP contribution in [0.3, 0.4) is 0 Å². The van der Waals surface area contributed by atoms with Gasteiger partial charge in [0, 0.05) is 13.5 Å². The molecule has 0 saturated carbocycles. The number of nitrogens with zero attached hydrogens (tertiary/aromatic N) is 1. The van der Waals surface area contributed by atoms with Crippen LogP contribution in [0.1, 0.15) is 24.3 Å². The van der Waals surface area contributed by atoms with Crippen molar-refractivity contribution in [2.24, 2.45) is 0 Å². The first-order chi connectivity index (χ1) is 7.59. The highest BCUT2D eigenvalue weighted by atomic mass is 19.1. The van der Waals surface area contributed by atoms with Gasteiger partial charge in [-0.05, 0) is 24.1 Å². The Balaban J connectivity index is 2.25. The fourth-order valence-electron chi connectivity index (χ4n) is 1.92. The molecule has 1 aromatic carbocycles. The number of imide groups is 1. The summed E-state index contributed by atoms with van der Waals surface area (Å²) in [6.45, 7) is 0. The van der Waals surface area contributed by atoms with E-state index in [9.17, 15) is 14.0 Å². The van der Waals surface area contributed by atoms with Crippen LogP contribution in [0.25, 0.3) is 0 Å². The summed E-state index contributed by atoms with van der Waals surface area (Å²) in [5.74, 6) is -0.994. The van der Waals surface area contributed by atoms with Gasteiger partial charge in [0.25, 0.3) is 0 Å². The van der Waals surface area contributed by atoms with Crippen molar-refractivity contribution in [3.05, 3.63) is 35.6 Å². The molecule has 1 aliphatic rings. The number of hydrogen-bond acceptors (Lipinski definition) is 2. The van der Waals surface area contributed by atoms with Crippen LogP contribution >= 0.6 is 0 Å². The number of piperidine rings is 1. The largest absolute Gasteiger partial charge is 0.285 e. The van der Waals surface area contributed by atoms with Gasteiger partial charge in [0.1, 0.15) is 5.82 Å². The topological polar surface area (TPSA) is 37.4 Å². The molecule has 1 heterocycles. The molecular formula is C12H12FNO2. The molecule has 1 fully saturated rings. The second kappa shape index (κ2) is 4.04. The number of likely N-dealkylation sites (tertiary alicyclic amines) is 1. The van der Waals surface area contributed by atoms with Gasteiger partial charge in [-0.1, -0.05) is 12.1 Å². The molecule has 0 aromatic heterocycles. The summed E-state index contributed by atoms with van der Waals surface area (Å²) in [5.41, 5.74) is 0.769. The highest BCUT2D eigenvalue weighted by molar-refractivity contribution is 6.00. The quantitative estimate of drug-likeness (QED) is 0.677. The molecule has 0 N–H and O–H groups in total. The fourth-order valence-corrected chi connectivity index (χ4v) is 1.92. The summed E-state index contributed by atoms with van der Waals surface area (Å²) >= 11 is 0. The average molecular weight is 221 g/mol. The first kappa shape index (κ1) is 10.8. The Hall–Kier alpha value is -1.71. The highest BCUT2D eigenvalue weighted by Crippen LogP contribution is 2.27. The van der Waals surface area contributed by atoms with Crippen LogP contribution in [-0.2, 0) is 9.59 Å². The Bertz CT molecular complexity index is 427. The van der Waals surface area contributed by atoms with E-state index in [2.05, 4.69) is 0 Å². The average Bonchev–Trinajstić information content (AvgIpc) is 2.28. The van der Waals surface area contributed by atoms with Crippen molar-refractivity contribution < 1.29 is 14.0 Å². The van der Waals surface area contributed by atoms with Crippen LogP contribution in [0.15, 0.2) is 24.3 Å². The molecule has 2 rings (SSSR count). The Morgan fingerprint density at radius 2 is 1.88 bits per heavy atom. The number of amides is 2. The normalized spacial score (nSPS) is 21.4. The summed E-state index contributed by atoms with van der Waals surface area (Å²) < 4.78 is 12.7. The Kier molecular flexibility index (Phi) is 2.73. The third-order valence-corrected chi connectivity index (χ3v) is 2.92. The van der Waals surface area contributed by atoms with Gasteiger partial charge in [-0.3, -0.25) is 14.5 Å². The van der Waals surface area contributed by atoms with Gasteiger partial charge < -0.3 is 0 Å². The SMILES string of the molecule is CN1C(=O)CCC(c2ccc(F)cc2)C1=O. The van der Waals surface area contributed by atoms with E-state index in [-0.39, 0.29) is 23.5 Å². The predicted molar refractivity (Wildman–Crippen MR) is 56.2 cm³/mol. The molecule has 16 heavy (non-hydrogen) atoms. The monoisotopic (exact) mass is 221 g/mol. The molecule has 3 nitrogen and oxygen atoms in total. The van der Waals surface area contributed by atoms with Crippen LogP contribution in [0.2, 0.25) is 0 Å². The zero-order valence-electron chi connectivity index (χ0n) is 8.94. The molecule has 1 aromatic rings. The Morgan fingerprint density at radius 3 is 2.50 bits per heavy atom. The minimum atomic E-state index is -0.323. The van der Waals surface area contributed by atoms with Crippen LogP contribution in [-0.4, -0.2) is 23.8 Å². The number of benzene rings is 1. The van der Waals surface area contributed by atoms with Crippen molar-refractivity contribution in [2.75, 3.05) is 7.05 Å². The number of rotatable bonds is 1. The van der Waals surface area contributed by atoms with E-state index in [0.717, 1.165) is 10.5 Å². The summed E-state index contributed by atoms with van der Waals surface area (Å²) in [7, 11) is 1.49. The van der Waals surface area contributed by atoms with E-state index >= 15 is 0 Å². The van der Waals surface area contributed by atoms with Gasteiger partial charge in [0.2, 0.25) is 11.8 Å². The second-order valence-electron chi connectivity index (χ2n) is 3.93. The number of carbonyl (C=O) groups is 2. The zero-order valence-corrected chi connectivity index (χ0v) is 8.94. The van der Waals surface area contributed by atoms with Crippen molar-refractivity contribution in [3.8, 4) is 0 Å². The van der Waals surface area contributed by atoms with Crippen LogP contribution in [0.5, 0.6) is 0 Å². The fraction of sp³-hybridized carbons (Fsp3) is 0.333. The van der Waals surface area contributed by atoms with Gasteiger partial charge in [-0.15, -0.1) is 0 Å². The number of hydrogen-bond donors (Lipinski definition) is 0. The van der Waals surface area contributed by atoms with Gasteiger partial charge in [-0.25, -0.2) is 4.39 Å². The number of carbonyl (C=O) groups excluding carboxylic acids is 2. The van der Waals surface area contributed by atoms with Crippen molar-refractivity contribution in [1.29, 1.82) is 0 Å². The third-order valence-electron chi connectivity index (χ3n) is 2.92. The lowest BCUT2D eigenvalue weighted by Crippen LogP contribution is -2.41. The molecule has 2 amide bonds.